The van der Waals surface area contributed by atoms with Gasteiger partial charge in [0, 0.05) is 32.4 Å². The van der Waals surface area contributed by atoms with Crippen LogP contribution in [0.1, 0.15) is 24.9 Å². The van der Waals surface area contributed by atoms with E-state index in [4.69, 9.17) is 16.6 Å². The highest BCUT2D eigenvalue weighted by Gasteiger charge is 2.24. The van der Waals surface area contributed by atoms with Crippen LogP contribution in [0.5, 0.6) is 0 Å². The number of likely N-dealkylation sites (tertiary alicyclic amines) is 1. The molecule has 1 atom stereocenters. The van der Waals surface area contributed by atoms with E-state index >= 15 is 0 Å². The molecule has 0 N–H and O–H groups in total. The van der Waals surface area contributed by atoms with Gasteiger partial charge in [-0.3, -0.25) is 4.68 Å². The minimum Gasteiger partial charge on any atom is -0.313 e. The van der Waals surface area contributed by atoms with Gasteiger partial charge < -0.3 is 9.47 Å². The molecule has 0 spiro atoms. The molecule has 0 bridgehead atoms. The molecule has 2 aromatic heterocycles. The van der Waals surface area contributed by atoms with Crippen molar-refractivity contribution in [2.24, 2.45) is 13.0 Å². The Morgan fingerprint density at radius 2 is 2.14 bits per heavy atom. The number of aryl methyl sites for hydroxylation is 3. The molecule has 1 aliphatic heterocycles. The van der Waals surface area contributed by atoms with Crippen LogP contribution in [-0.2, 0) is 26.4 Å². The Morgan fingerprint density at radius 3 is 2.76 bits per heavy atom. The molecule has 1 fully saturated rings. The summed E-state index contributed by atoms with van der Waals surface area (Å²) in [5, 5.41) is 4.61. The van der Waals surface area contributed by atoms with Crippen LogP contribution in [-0.4, -0.2) is 50.2 Å². The largest absolute Gasteiger partial charge is 0.313 e. The molecule has 5 nitrogen and oxygen atoms in total. The number of alkyl halides is 1. The lowest BCUT2D eigenvalue weighted by Crippen LogP contribution is -2.19. The van der Waals surface area contributed by atoms with Crippen LogP contribution in [0.15, 0.2) is 0 Å². The fraction of sp³-hybridized carbons (Fsp3) is 0.733. The van der Waals surface area contributed by atoms with Gasteiger partial charge in [-0.25, -0.2) is 4.98 Å². The summed E-state index contributed by atoms with van der Waals surface area (Å²) >= 11 is 5.97. The van der Waals surface area contributed by atoms with E-state index in [1.54, 1.807) is 0 Å². The topological polar surface area (TPSA) is 38.9 Å². The molecule has 3 heterocycles. The summed E-state index contributed by atoms with van der Waals surface area (Å²) in [4.78, 5) is 7.24. The second kappa shape index (κ2) is 5.97. The third kappa shape index (κ3) is 2.69. The Labute approximate surface area is 130 Å². The van der Waals surface area contributed by atoms with Crippen molar-refractivity contribution in [2.45, 2.75) is 32.7 Å². The molecule has 0 radical (unpaired) electrons. The SMILES string of the molecule is CCc1nn(C)c2c1nc(CCCl)n2CC1CCN(C)C1. The van der Waals surface area contributed by atoms with Crippen LogP contribution in [0, 0.1) is 5.92 Å². The number of hydrogen-bond acceptors (Lipinski definition) is 3. The Balaban J connectivity index is 2.01. The Morgan fingerprint density at radius 1 is 1.33 bits per heavy atom. The van der Waals surface area contributed by atoms with Crippen molar-refractivity contribution in [1.82, 2.24) is 24.2 Å². The van der Waals surface area contributed by atoms with Crippen molar-refractivity contribution in [3.63, 3.8) is 0 Å². The molecule has 1 aliphatic rings. The van der Waals surface area contributed by atoms with Crippen LogP contribution in [0.4, 0.5) is 0 Å². The van der Waals surface area contributed by atoms with Gasteiger partial charge in [-0.2, -0.15) is 5.10 Å². The number of aromatic nitrogens is 4. The highest BCUT2D eigenvalue weighted by molar-refractivity contribution is 6.17. The number of nitrogens with zero attached hydrogens (tertiary/aromatic N) is 5. The summed E-state index contributed by atoms with van der Waals surface area (Å²) in [6.45, 7) is 5.51. The quantitative estimate of drug-likeness (QED) is 0.794. The first-order valence-corrected chi connectivity index (χ1v) is 8.33. The molecule has 0 amide bonds. The zero-order valence-electron chi connectivity index (χ0n) is 13.1. The first-order chi connectivity index (χ1) is 10.1. The summed E-state index contributed by atoms with van der Waals surface area (Å²) in [7, 11) is 4.22. The number of rotatable bonds is 5. The normalized spacial score (nSPS) is 19.9. The third-order valence-corrected chi connectivity index (χ3v) is 4.64. The second-order valence-corrected chi connectivity index (χ2v) is 6.47. The molecule has 116 valence electrons. The first-order valence-electron chi connectivity index (χ1n) is 7.79. The molecule has 0 aromatic carbocycles. The van der Waals surface area contributed by atoms with Crippen LogP contribution in [0.2, 0.25) is 0 Å². The molecular formula is C15H24ClN5. The van der Waals surface area contributed by atoms with Crippen molar-refractivity contribution in [2.75, 3.05) is 26.0 Å². The number of halogens is 1. The van der Waals surface area contributed by atoms with Crippen molar-refractivity contribution < 1.29 is 0 Å². The lowest BCUT2D eigenvalue weighted by molar-refractivity contribution is 0.377. The summed E-state index contributed by atoms with van der Waals surface area (Å²) in [5.74, 6) is 2.42. The zero-order chi connectivity index (χ0) is 15.0. The molecular weight excluding hydrogens is 286 g/mol. The zero-order valence-corrected chi connectivity index (χ0v) is 13.9. The van der Waals surface area contributed by atoms with Gasteiger partial charge in [0.2, 0.25) is 0 Å². The standard InChI is InChI=1S/C15H24ClN5/c1-4-12-14-15(20(3)18-12)21(13(17-14)5-7-16)10-11-6-8-19(2)9-11/h11H,4-10H2,1-3H3. The van der Waals surface area contributed by atoms with Gasteiger partial charge in [0.25, 0.3) is 0 Å². The van der Waals surface area contributed by atoms with E-state index in [2.05, 4.69) is 28.5 Å². The van der Waals surface area contributed by atoms with E-state index in [0.29, 0.717) is 11.8 Å². The van der Waals surface area contributed by atoms with Gasteiger partial charge in [0.15, 0.2) is 5.65 Å². The average Bonchev–Trinajstić information content (AvgIpc) is 3.09. The van der Waals surface area contributed by atoms with Gasteiger partial charge in [0.05, 0.1) is 5.69 Å². The minimum atomic E-state index is 0.614. The van der Waals surface area contributed by atoms with Crippen LogP contribution >= 0.6 is 11.6 Å². The summed E-state index contributed by atoms with van der Waals surface area (Å²) in [6, 6.07) is 0. The van der Waals surface area contributed by atoms with E-state index in [9.17, 15) is 0 Å². The van der Waals surface area contributed by atoms with E-state index < -0.39 is 0 Å². The molecule has 6 heteroatoms. The van der Waals surface area contributed by atoms with Crippen molar-refractivity contribution in [1.29, 1.82) is 0 Å². The smallest absolute Gasteiger partial charge is 0.158 e. The monoisotopic (exact) mass is 309 g/mol. The first kappa shape index (κ1) is 14.9. The van der Waals surface area contributed by atoms with Crippen molar-refractivity contribution in [3.8, 4) is 0 Å². The molecule has 21 heavy (non-hydrogen) atoms. The maximum atomic E-state index is 5.97. The summed E-state index contributed by atoms with van der Waals surface area (Å²) in [5.41, 5.74) is 3.30. The van der Waals surface area contributed by atoms with Crippen LogP contribution < -0.4 is 0 Å². The molecule has 0 saturated carbocycles. The predicted molar refractivity (Wildman–Crippen MR) is 85.9 cm³/mol. The lowest BCUT2D eigenvalue weighted by atomic mass is 10.1. The highest BCUT2D eigenvalue weighted by atomic mass is 35.5. The van der Waals surface area contributed by atoms with E-state index in [0.717, 1.165) is 42.1 Å². The third-order valence-electron chi connectivity index (χ3n) is 4.45. The fourth-order valence-electron chi connectivity index (χ4n) is 3.43. The molecule has 0 aliphatic carbocycles. The average molecular weight is 310 g/mol. The highest BCUT2D eigenvalue weighted by Crippen LogP contribution is 2.24. The number of imidazole rings is 1. The van der Waals surface area contributed by atoms with Gasteiger partial charge >= 0.3 is 0 Å². The van der Waals surface area contributed by atoms with Gasteiger partial charge in [0.1, 0.15) is 11.3 Å². The molecule has 1 saturated heterocycles. The molecule has 3 rings (SSSR count). The maximum Gasteiger partial charge on any atom is 0.158 e. The van der Waals surface area contributed by atoms with Gasteiger partial charge in [-0.1, -0.05) is 6.92 Å². The molecule has 2 aromatic rings. The summed E-state index contributed by atoms with van der Waals surface area (Å²) in [6.07, 6.45) is 3.00. The minimum absolute atomic E-state index is 0.614. The number of fused-ring (bicyclic) bond motifs is 1. The number of hydrogen-bond donors (Lipinski definition) is 0. The Bertz CT molecular complexity index is 630. The van der Waals surface area contributed by atoms with Crippen LogP contribution in [0.25, 0.3) is 11.2 Å². The van der Waals surface area contributed by atoms with E-state index in [-0.39, 0.29) is 0 Å². The fourth-order valence-corrected chi connectivity index (χ4v) is 3.59. The summed E-state index contributed by atoms with van der Waals surface area (Å²) < 4.78 is 4.34. The van der Waals surface area contributed by atoms with Gasteiger partial charge in [-0.15, -0.1) is 11.6 Å². The molecule has 1 unspecified atom stereocenters. The van der Waals surface area contributed by atoms with Crippen molar-refractivity contribution >= 4 is 22.8 Å². The van der Waals surface area contributed by atoms with E-state index in [1.165, 1.54) is 19.5 Å². The van der Waals surface area contributed by atoms with Crippen LogP contribution in [0.3, 0.4) is 0 Å². The predicted octanol–water partition coefficient (Wildman–Crippen LogP) is 2.07. The Kier molecular flexibility index (Phi) is 4.22. The van der Waals surface area contributed by atoms with Crippen molar-refractivity contribution in [3.05, 3.63) is 11.5 Å². The lowest BCUT2D eigenvalue weighted by Gasteiger charge is -2.14. The van der Waals surface area contributed by atoms with E-state index in [1.807, 2.05) is 11.7 Å². The maximum absolute atomic E-state index is 5.97. The Hall–Kier alpha value is -1.07. The van der Waals surface area contributed by atoms with Gasteiger partial charge in [-0.05, 0) is 32.4 Å². The second-order valence-electron chi connectivity index (χ2n) is 6.09.